The highest BCUT2D eigenvalue weighted by atomic mass is 16.5. The molecule has 160 valence electrons. The summed E-state index contributed by atoms with van der Waals surface area (Å²) in [5.74, 6) is 1.11. The van der Waals surface area contributed by atoms with Gasteiger partial charge >= 0.3 is 11.3 Å². The summed E-state index contributed by atoms with van der Waals surface area (Å²) in [4.78, 5) is 22.3. The van der Waals surface area contributed by atoms with Crippen LogP contribution in [0.1, 0.15) is 0 Å². The van der Waals surface area contributed by atoms with Crippen molar-refractivity contribution in [3.05, 3.63) is 81.9 Å². The zero-order valence-electron chi connectivity index (χ0n) is 17.0. The molecule has 0 atom stereocenters. The molecule has 0 unspecified atom stereocenters. The normalized spacial score (nSPS) is 11.1. The number of benzene rings is 2. The molecule has 0 aliphatic carbocycles. The van der Waals surface area contributed by atoms with Gasteiger partial charge in [0.15, 0.2) is 11.2 Å². The third-order valence-electron chi connectivity index (χ3n) is 5.00. The Labute approximate surface area is 179 Å². The smallest absolute Gasteiger partial charge is 0.336 e. The maximum atomic E-state index is 11.2. The quantitative estimate of drug-likeness (QED) is 0.348. The first-order chi connectivity index (χ1) is 15.6. The predicted octanol–water partition coefficient (Wildman–Crippen LogP) is 5.10. The lowest BCUT2D eigenvalue weighted by atomic mass is 10.1. The summed E-state index contributed by atoms with van der Waals surface area (Å²) in [6.45, 7) is 0. The van der Waals surface area contributed by atoms with Crippen LogP contribution >= 0.6 is 0 Å². The molecule has 0 fully saturated rings. The van der Waals surface area contributed by atoms with Crippen molar-refractivity contribution in [2.45, 2.75) is 0 Å². The summed E-state index contributed by atoms with van der Waals surface area (Å²) in [6, 6.07) is 13.4. The standard InChI is InChI=1S/2C12H8O4/c1-14-12-7-2-3-11(13)16-10(7)6-9-8(12)4-5-15-9;1-14-12-10-8(4-5-15-10)6-7-2-3-9(13)16-11(7)12/h2*2-6H,1H3. The Kier molecular flexibility index (Phi) is 4.67. The van der Waals surface area contributed by atoms with Gasteiger partial charge in [-0.15, -0.1) is 0 Å². The Hall–Kier alpha value is -4.46. The summed E-state index contributed by atoms with van der Waals surface area (Å²) >= 11 is 0. The molecule has 0 N–H and O–H groups in total. The number of fused-ring (bicyclic) bond motifs is 4. The van der Waals surface area contributed by atoms with Gasteiger partial charge in [-0.05, 0) is 30.3 Å². The molecule has 6 rings (SSSR count). The molecule has 0 aliphatic rings. The summed E-state index contributed by atoms with van der Waals surface area (Å²) in [5, 5.41) is 3.35. The second kappa shape index (κ2) is 7.66. The lowest BCUT2D eigenvalue weighted by molar-refractivity contribution is 0.403. The highest BCUT2D eigenvalue weighted by Gasteiger charge is 2.13. The number of furan rings is 2. The van der Waals surface area contributed by atoms with Crippen LogP contribution in [0.5, 0.6) is 11.5 Å². The van der Waals surface area contributed by atoms with Crippen LogP contribution in [0.25, 0.3) is 43.9 Å². The minimum absolute atomic E-state index is 0.388. The minimum atomic E-state index is -0.406. The van der Waals surface area contributed by atoms with Crippen LogP contribution in [-0.4, -0.2) is 14.2 Å². The van der Waals surface area contributed by atoms with Gasteiger partial charge in [0.05, 0.1) is 37.5 Å². The molecule has 6 aromatic rings. The van der Waals surface area contributed by atoms with Gasteiger partial charge in [-0.1, -0.05) is 0 Å². The van der Waals surface area contributed by atoms with Crippen LogP contribution in [0.3, 0.4) is 0 Å². The van der Waals surface area contributed by atoms with Crippen LogP contribution < -0.4 is 20.7 Å². The van der Waals surface area contributed by atoms with E-state index in [2.05, 4.69) is 0 Å². The Balaban J connectivity index is 0.000000135. The number of hydrogen-bond acceptors (Lipinski definition) is 8. The van der Waals surface area contributed by atoms with Crippen molar-refractivity contribution in [3.63, 3.8) is 0 Å². The Morgan fingerprint density at radius 3 is 2.12 bits per heavy atom. The summed E-state index contributed by atoms with van der Waals surface area (Å²) < 4.78 is 31.3. The van der Waals surface area contributed by atoms with Gasteiger partial charge in [-0.3, -0.25) is 0 Å². The van der Waals surface area contributed by atoms with Gasteiger partial charge in [0.1, 0.15) is 16.9 Å². The van der Waals surface area contributed by atoms with Crippen molar-refractivity contribution >= 4 is 43.9 Å². The van der Waals surface area contributed by atoms with E-state index < -0.39 is 5.63 Å². The molecule has 0 bridgehead atoms. The fourth-order valence-corrected chi connectivity index (χ4v) is 3.62. The maximum absolute atomic E-state index is 11.2. The van der Waals surface area contributed by atoms with Gasteiger partial charge in [-0.25, -0.2) is 9.59 Å². The Morgan fingerprint density at radius 2 is 1.31 bits per heavy atom. The fourth-order valence-electron chi connectivity index (χ4n) is 3.62. The second-order valence-electron chi connectivity index (χ2n) is 6.83. The van der Waals surface area contributed by atoms with Crippen LogP contribution in [-0.2, 0) is 0 Å². The van der Waals surface area contributed by atoms with E-state index in [0.717, 1.165) is 21.5 Å². The molecule has 0 radical (unpaired) electrons. The lowest BCUT2D eigenvalue weighted by Gasteiger charge is -2.04. The number of rotatable bonds is 2. The third-order valence-corrected chi connectivity index (χ3v) is 5.00. The van der Waals surface area contributed by atoms with Crippen LogP contribution in [0.2, 0.25) is 0 Å². The Morgan fingerprint density at radius 1 is 0.625 bits per heavy atom. The van der Waals surface area contributed by atoms with Crippen LogP contribution in [0.15, 0.2) is 88.3 Å². The van der Waals surface area contributed by atoms with Gasteiger partial charge < -0.3 is 27.1 Å². The molecule has 0 saturated heterocycles. The molecule has 32 heavy (non-hydrogen) atoms. The zero-order chi connectivity index (χ0) is 22.2. The van der Waals surface area contributed by atoms with Crippen molar-refractivity contribution in [1.82, 2.24) is 0 Å². The van der Waals surface area contributed by atoms with Crippen molar-refractivity contribution in [2.75, 3.05) is 14.2 Å². The molecule has 2 aromatic carbocycles. The van der Waals surface area contributed by atoms with Crippen molar-refractivity contribution in [3.8, 4) is 11.5 Å². The molecule has 4 aromatic heterocycles. The first-order valence-corrected chi connectivity index (χ1v) is 9.55. The molecule has 0 spiro atoms. The Bertz CT molecular complexity index is 1700. The largest absolute Gasteiger partial charge is 0.495 e. The van der Waals surface area contributed by atoms with E-state index in [1.165, 1.54) is 19.2 Å². The topological polar surface area (TPSA) is 105 Å². The molecule has 0 aliphatic heterocycles. The van der Waals surface area contributed by atoms with E-state index in [1.54, 1.807) is 37.8 Å². The van der Waals surface area contributed by atoms with Crippen molar-refractivity contribution < 1.29 is 27.1 Å². The summed E-state index contributed by atoms with van der Waals surface area (Å²) in [7, 11) is 3.09. The lowest BCUT2D eigenvalue weighted by Crippen LogP contribution is -1.96. The molecular weight excluding hydrogens is 416 g/mol. The first kappa shape index (κ1) is 19.5. The van der Waals surface area contributed by atoms with E-state index in [4.69, 9.17) is 27.1 Å². The van der Waals surface area contributed by atoms with Crippen LogP contribution in [0.4, 0.5) is 0 Å². The van der Waals surface area contributed by atoms with E-state index in [0.29, 0.717) is 33.8 Å². The predicted molar refractivity (Wildman–Crippen MR) is 118 cm³/mol. The van der Waals surface area contributed by atoms with E-state index in [-0.39, 0.29) is 5.63 Å². The molecule has 8 heteroatoms. The van der Waals surface area contributed by atoms with Gasteiger partial charge in [0.25, 0.3) is 0 Å². The van der Waals surface area contributed by atoms with E-state index in [9.17, 15) is 9.59 Å². The van der Waals surface area contributed by atoms with E-state index in [1.807, 2.05) is 18.2 Å². The van der Waals surface area contributed by atoms with Gasteiger partial charge in [0.2, 0.25) is 5.75 Å². The average Bonchev–Trinajstić information content (AvgIpc) is 3.45. The number of methoxy groups -OCH3 is 2. The number of hydrogen-bond donors (Lipinski definition) is 0. The highest BCUT2D eigenvalue weighted by Crippen LogP contribution is 2.35. The maximum Gasteiger partial charge on any atom is 0.336 e. The molecule has 8 nitrogen and oxygen atoms in total. The first-order valence-electron chi connectivity index (χ1n) is 9.55. The summed E-state index contributed by atoms with van der Waals surface area (Å²) in [5.41, 5.74) is 1.31. The second-order valence-corrected chi connectivity index (χ2v) is 6.83. The van der Waals surface area contributed by atoms with Crippen LogP contribution in [0, 0.1) is 0 Å². The van der Waals surface area contributed by atoms with E-state index >= 15 is 0 Å². The fraction of sp³-hybridized carbons (Fsp3) is 0.0833. The molecule has 0 amide bonds. The van der Waals surface area contributed by atoms with Crippen molar-refractivity contribution in [2.24, 2.45) is 0 Å². The zero-order valence-corrected chi connectivity index (χ0v) is 17.0. The molecule has 4 heterocycles. The number of ether oxygens (including phenoxy) is 2. The molecule has 0 saturated carbocycles. The SMILES string of the molecule is COc1c2ccoc2cc2oc(=O)ccc12.COc1c2occc2cc2ccc(=O)oc12. The average molecular weight is 432 g/mol. The third kappa shape index (κ3) is 3.18. The highest BCUT2D eigenvalue weighted by molar-refractivity contribution is 6.01. The monoisotopic (exact) mass is 432 g/mol. The molecular formula is C24H16O8. The van der Waals surface area contributed by atoms with Gasteiger partial charge in [0, 0.05) is 29.0 Å². The minimum Gasteiger partial charge on any atom is -0.495 e. The van der Waals surface area contributed by atoms with Crippen molar-refractivity contribution in [1.29, 1.82) is 0 Å². The summed E-state index contributed by atoms with van der Waals surface area (Å²) in [6.07, 6.45) is 3.15. The van der Waals surface area contributed by atoms with Gasteiger partial charge in [-0.2, -0.15) is 0 Å².